The van der Waals surface area contributed by atoms with Gasteiger partial charge in [0.15, 0.2) is 10.7 Å². The smallest absolute Gasteiger partial charge is 0.248 e. The second-order valence-corrected chi connectivity index (χ2v) is 10.6. The van der Waals surface area contributed by atoms with Gasteiger partial charge >= 0.3 is 0 Å². The Labute approximate surface area is 204 Å². The molecule has 35 heavy (non-hydrogen) atoms. The highest BCUT2D eigenvalue weighted by Crippen LogP contribution is 2.29. The standard InChI is InChI=1S/C26H28FN3O4S/c1-18-9-11-20(12-10-18)16-28-26(31)22-7-5-15-30(17-22)35(32,33)25-19(2)29-34-24(25)14-13-21-6-3-4-8-23(21)27/h3-4,6,8-14,22H,5,7,15-17H2,1-2H3,(H,28,31). The van der Waals surface area contributed by atoms with E-state index in [0.29, 0.717) is 31.5 Å². The molecule has 1 amide bonds. The fraction of sp³-hybridized carbons (Fsp3) is 0.308. The highest BCUT2D eigenvalue weighted by molar-refractivity contribution is 7.89. The third-order valence-corrected chi connectivity index (χ3v) is 8.12. The highest BCUT2D eigenvalue weighted by Gasteiger charge is 2.36. The van der Waals surface area contributed by atoms with E-state index in [1.807, 2.05) is 31.2 Å². The lowest BCUT2D eigenvalue weighted by Crippen LogP contribution is -2.45. The summed E-state index contributed by atoms with van der Waals surface area (Å²) in [6, 6.07) is 14.0. The Kier molecular flexibility index (Phi) is 7.47. The van der Waals surface area contributed by atoms with Gasteiger partial charge in [-0.05, 0) is 50.5 Å². The molecule has 1 unspecified atom stereocenters. The van der Waals surface area contributed by atoms with E-state index in [-0.39, 0.29) is 28.8 Å². The second kappa shape index (κ2) is 10.5. The summed E-state index contributed by atoms with van der Waals surface area (Å²) < 4.78 is 47.6. The van der Waals surface area contributed by atoms with Crippen LogP contribution in [-0.4, -0.2) is 36.9 Å². The number of carbonyl (C=O) groups is 1. The van der Waals surface area contributed by atoms with Crippen molar-refractivity contribution in [3.8, 4) is 0 Å². The third-order valence-electron chi connectivity index (χ3n) is 6.09. The van der Waals surface area contributed by atoms with Crippen molar-refractivity contribution < 1.29 is 22.1 Å². The predicted octanol–water partition coefficient (Wildman–Crippen LogP) is 4.32. The molecule has 1 saturated heterocycles. The van der Waals surface area contributed by atoms with Gasteiger partial charge in [-0.15, -0.1) is 0 Å². The quantitative estimate of drug-likeness (QED) is 0.525. The minimum absolute atomic E-state index is 0.0247. The lowest BCUT2D eigenvalue weighted by Gasteiger charge is -2.31. The van der Waals surface area contributed by atoms with Crippen LogP contribution in [0.1, 0.15) is 41.0 Å². The van der Waals surface area contributed by atoms with Gasteiger partial charge in [0, 0.05) is 25.2 Å². The monoisotopic (exact) mass is 497 g/mol. The van der Waals surface area contributed by atoms with Gasteiger partial charge < -0.3 is 9.84 Å². The van der Waals surface area contributed by atoms with E-state index < -0.39 is 21.8 Å². The first-order chi connectivity index (χ1) is 16.8. The van der Waals surface area contributed by atoms with Crippen LogP contribution in [0.25, 0.3) is 12.2 Å². The largest absolute Gasteiger partial charge is 0.355 e. The van der Waals surface area contributed by atoms with E-state index in [1.165, 1.54) is 22.5 Å². The molecule has 9 heteroatoms. The van der Waals surface area contributed by atoms with Crippen LogP contribution in [0, 0.1) is 25.6 Å². The van der Waals surface area contributed by atoms with Crippen LogP contribution in [0.15, 0.2) is 57.9 Å². The third kappa shape index (κ3) is 5.68. The van der Waals surface area contributed by atoms with Crippen molar-refractivity contribution in [2.75, 3.05) is 13.1 Å². The molecule has 7 nitrogen and oxygen atoms in total. The molecule has 1 aliphatic rings. The van der Waals surface area contributed by atoms with E-state index in [0.717, 1.165) is 11.1 Å². The molecule has 1 aliphatic heterocycles. The lowest BCUT2D eigenvalue weighted by molar-refractivity contribution is -0.126. The van der Waals surface area contributed by atoms with Crippen LogP contribution in [0.2, 0.25) is 0 Å². The minimum Gasteiger partial charge on any atom is -0.355 e. The number of halogens is 1. The molecule has 1 fully saturated rings. The van der Waals surface area contributed by atoms with Gasteiger partial charge in [-0.25, -0.2) is 12.8 Å². The molecule has 0 bridgehead atoms. The van der Waals surface area contributed by atoms with Crippen LogP contribution in [0.4, 0.5) is 4.39 Å². The van der Waals surface area contributed by atoms with Gasteiger partial charge in [0.1, 0.15) is 11.5 Å². The first-order valence-corrected chi connectivity index (χ1v) is 12.9. The summed E-state index contributed by atoms with van der Waals surface area (Å²) in [5.74, 6) is -1.04. The Morgan fingerprint density at radius 1 is 1.17 bits per heavy atom. The maximum atomic E-state index is 14.0. The van der Waals surface area contributed by atoms with Gasteiger partial charge in [-0.3, -0.25) is 4.79 Å². The Balaban J connectivity index is 1.48. The number of benzene rings is 2. The van der Waals surface area contributed by atoms with Crippen LogP contribution < -0.4 is 5.32 Å². The van der Waals surface area contributed by atoms with Crippen LogP contribution >= 0.6 is 0 Å². The Hall–Kier alpha value is -3.30. The Morgan fingerprint density at radius 3 is 2.66 bits per heavy atom. The fourth-order valence-electron chi connectivity index (χ4n) is 4.12. The van der Waals surface area contributed by atoms with Gasteiger partial charge in [0.2, 0.25) is 15.9 Å². The van der Waals surface area contributed by atoms with E-state index in [1.54, 1.807) is 25.1 Å². The molecule has 1 N–H and O–H groups in total. The average molecular weight is 498 g/mol. The van der Waals surface area contributed by atoms with Crippen LogP contribution in [0.5, 0.6) is 0 Å². The number of rotatable bonds is 7. The van der Waals surface area contributed by atoms with Gasteiger partial charge in [-0.2, -0.15) is 4.31 Å². The molecule has 1 aromatic heterocycles. The molecule has 0 spiro atoms. The number of amides is 1. The molecule has 1 atom stereocenters. The zero-order valence-electron chi connectivity index (χ0n) is 19.7. The Bertz CT molecular complexity index is 1330. The van der Waals surface area contributed by atoms with Crippen molar-refractivity contribution in [3.63, 3.8) is 0 Å². The molecule has 3 aromatic rings. The molecule has 0 radical (unpaired) electrons. The number of aromatic nitrogens is 1. The zero-order chi connectivity index (χ0) is 25.0. The molecular weight excluding hydrogens is 469 g/mol. The fourth-order valence-corrected chi connectivity index (χ4v) is 5.89. The van der Waals surface area contributed by atoms with Crippen molar-refractivity contribution in [3.05, 3.63) is 82.5 Å². The summed E-state index contributed by atoms with van der Waals surface area (Å²) in [6.45, 7) is 4.30. The van der Waals surface area contributed by atoms with E-state index in [9.17, 15) is 17.6 Å². The average Bonchev–Trinajstić information content (AvgIpc) is 3.24. The van der Waals surface area contributed by atoms with E-state index in [2.05, 4.69) is 10.5 Å². The van der Waals surface area contributed by atoms with E-state index >= 15 is 0 Å². The van der Waals surface area contributed by atoms with Gasteiger partial charge in [0.25, 0.3) is 0 Å². The number of hydrogen-bond acceptors (Lipinski definition) is 5. The maximum Gasteiger partial charge on any atom is 0.248 e. The minimum atomic E-state index is -3.98. The maximum absolute atomic E-state index is 14.0. The predicted molar refractivity (Wildman–Crippen MR) is 131 cm³/mol. The highest BCUT2D eigenvalue weighted by atomic mass is 32.2. The SMILES string of the molecule is Cc1ccc(CNC(=O)C2CCCN(S(=O)(=O)c3c(C)noc3C=Cc3ccccc3F)C2)cc1. The summed E-state index contributed by atoms with van der Waals surface area (Å²) in [4.78, 5) is 12.7. The molecule has 2 aromatic carbocycles. The van der Waals surface area contributed by atoms with E-state index in [4.69, 9.17) is 4.52 Å². The number of hydrogen-bond donors (Lipinski definition) is 1. The summed E-state index contributed by atoms with van der Waals surface area (Å²) in [5, 5.41) is 6.75. The van der Waals surface area contributed by atoms with Gasteiger partial charge in [-0.1, -0.05) is 53.2 Å². The van der Waals surface area contributed by atoms with Crippen LogP contribution in [0.3, 0.4) is 0 Å². The second-order valence-electron chi connectivity index (χ2n) is 8.72. The summed E-state index contributed by atoms with van der Waals surface area (Å²) in [5.41, 5.74) is 2.63. The summed E-state index contributed by atoms with van der Waals surface area (Å²) in [6.07, 6.45) is 4.02. The first kappa shape index (κ1) is 24.8. The Morgan fingerprint density at radius 2 is 1.91 bits per heavy atom. The van der Waals surface area contributed by atoms with Crippen molar-refractivity contribution in [2.24, 2.45) is 5.92 Å². The van der Waals surface area contributed by atoms with Crippen LogP contribution in [-0.2, 0) is 21.4 Å². The van der Waals surface area contributed by atoms with Crippen molar-refractivity contribution in [1.82, 2.24) is 14.8 Å². The van der Waals surface area contributed by atoms with Gasteiger partial charge in [0.05, 0.1) is 5.92 Å². The molecular formula is C26H28FN3O4S. The number of nitrogens with one attached hydrogen (secondary N) is 1. The molecule has 0 aliphatic carbocycles. The number of nitrogens with zero attached hydrogens (tertiary/aromatic N) is 2. The molecule has 2 heterocycles. The lowest BCUT2D eigenvalue weighted by atomic mass is 9.98. The number of aryl methyl sites for hydroxylation is 2. The molecule has 184 valence electrons. The zero-order valence-corrected chi connectivity index (χ0v) is 20.5. The summed E-state index contributed by atoms with van der Waals surface area (Å²) >= 11 is 0. The van der Waals surface area contributed by atoms with Crippen molar-refractivity contribution in [2.45, 2.75) is 38.1 Å². The molecule has 0 saturated carbocycles. The topological polar surface area (TPSA) is 92.5 Å². The number of sulfonamides is 1. The number of carbonyl (C=O) groups excluding carboxylic acids is 1. The normalized spacial score (nSPS) is 17.1. The van der Waals surface area contributed by atoms with Crippen molar-refractivity contribution >= 4 is 28.1 Å². The summed E-state index contributed by atoms with van der Waals surface area (Å²) in [7, 11) is -3.98. The number of piperidine rings is 1. The first-order valence-electron chi connectivity index (χ1n) is 11.5. The molecule has 4 rings (SSSR count). The van der Waals surface area contributed by atoms with Crippen molar-refractivity contribution in [1.29, 1.82) is 0 Å².